The Morgan fingerprint density at radius 1 is 1.53 bits per heavy atom. The second kappa shape index (κ2) is 5.95. The zero-order chi connectivity index (χ0) is 11.3. The molecule has 3 nitrogen and oxygen atoms in total. The normalized spacial score (nSPS) is 12.5. The van der Waals surface area contributed by atoms with Gasteiger partial charge < -0.3 is 15.2 Å². The molecule has 1 atom stereocenters. The first-order chi connectivity index (χ1) is 7.13. The maximum Gasteiger partial charge on any atom is 0.123 e. The van der Waals surface area contributed by atoms with E-state index in [0.717, 1.165) is 11.3 Å². The molecule has 84 valence electrons. The molecule has 1 aromatic rings. The first-order valence-corrected chi connectivity index (χ1v) is 5.22. The highest BCUT2D eigenvalue weighted by atomic mass is 35.5. The molecule has 0 heterocycles. The fourth-order valence-corrected chi connectivity index (χ4v) is 1.50. The van der Waals surface area contributed by atoms with Gasteiger partial charge in [-0.15, -0.1) is 0 Å². The van der Waals surface area contributed by atoms with E-state index in [9.17, 15) is 0 Å². The standard InChI is InChI=1S/C11H16ClNO2/c1-8(14)6-13-7-9-5-10(12)3-4-11(9)15-2/h3-5,8,13-14H,6-7H2,1-2H3/t8-/m1/s1. The third-order valence-electron chi connectivity index (χ3n) is 2.00. The Hall–Kier alpha value is -0.770. The molecule has 0 aliphatic rings. The van der Waals surface area contributed by atoms with Crippen LogP contribution >= 0.6 is 11.6 Å². The third-order valence-corrected chi connectivity index (χ3v) is 2.23. The Kier molecular flexibility index (Phi) is 4.88. The quantitative estimate of drug-likeness (QED) is 0.810. The lowest BCUT2D eigenvalue weighted by atomic mass is 10.2. The van der Waals surface area contributed by atoms with Crippen LogP contribution in [0.2, 0.25) is 5.02 Å². The molecule has 0 spiro atoms. The number of benzene rings is 1. The highest BCUT2D eigenvalue weighted by molar-refractivity contribution is 6.30. The molecule has 0 aromatic heterocycles. The predicted octanol–water partition coefficient (Wildman–Crippen LogP) is 1.82. The van der Waals surface area contributed by atoms with Gasteiger partial charge in [-0.25, -0.2) is 0 Å². The number of halogens is 1. The lowest BCUT2D eigenvalue weighted by molar-refractivity contribution is 0.191. The molecule has 0 saturated heterocycles. The van der Waals surface area contributed by atoms with Crippen LogP contribution in [0.5, 0.6) is 5.75 Å². The average molecular weight is 230 g/mol. The van der Waals surface area contributed by atoms with Crippen molar-refractivity contribution in [1.82, 2.24) is 5.32 Å². The van der Waals surface area contributed by atoms with Crippen LogP contribution in [0, 0.1) is 0 Å². The van der Waals surface area contributed by atoms with Crippen LogP contribution in [0.1, 0.15) is 12.5 Å². The molecule has 15 heavy (non-hydrogen) atoms. The van der Waals surface area contributed by atoms with Gasteiger partial charge in [0.05, 0.1) is 13.2 Å². The molecule has 1 aromatic carbocycles. The summed E-state index contributed by atoms with van der Waals surface area (Å²) in [7, 11) is 1.63. The van der Waals surface area contributed by atoms with Gasteiger partial charge in [0.15, 0.2) is 0 Å². The number of ether oxygens (including phenoxy) is 1. The van der Waals surface area contributed by atoms with Crippen molar-refractivity contribution in [2.75, 3.05) is 13.7 Å². The van der Waals surface area contributed by atoms with Crippen LogP contribution in [-0.4, -0.2) is 24.9 Å². The van der Waals surface area contributed by atoms with Gasteiger partial charge in [0.25, 0.3) is 0 Å². The van der Waals surface area contributed by atoms with Crippen molar-refractivity contribution in [2.45, 2.75) is 19.6 Å². The fourth-order valence-electron chi connectivity index (χ4n) is 1.30. The Labute approximate surface area is 95.0 Å². The van der Waals surface area contributed by atoms with Gasteiger partial charge in [0.2, 0.25) is 0 Å². The summed E-state index contributed by atoms with van der Waals surface area (Å²) in [6, 6.07) is 5.48. The minimum absolute atomic E-state index is 0.352. The molecule has 0 fully saturated rings. The van der Waals surface area contributed by atoms with Gasteiger partial charge in [-0.3, -0.25) is 0 Å². The van der Waals surface area contributed by atoms with Crippen molar-refractivity contribution < 1.29 is 9.84 Å². The second-order valence-corrected chi connectivity index (χ2v) is 3.87. The highest BCUT2D eigenvalue weighted by Crippen LogP contribution is 2.22. The molecule has 1 rings (SSSR count). The van der Waals surface area contributed by atoms with Crippen molar-refractivity contribution in [3.63, 3.8) is 0 Å². The van der Waals surface area contributed by atoms with Crippen LogP contribution < -0.4 is 10.1 Å². The Morgan fingerprint density at radius 2 is 2.27 bits per heavy atom. The van der Waals surface area contributed by atoms with Crippen molar-refractivity contribution >= 4 is 11.6 Å². The molecule has 2 N–H and O–H groups in total. The first kappa shape index (κ1) is 12.3. The van der Waals surface area contributed by atoms with Gasteiger partial charge in [-0.05, 0) is 25.1 Å². The Morgan fingerprint density at radius 3 is 2.87 bits per heavy atom. The zero-order valence-corrected chi connectivity index (χ0v) is 9.71. The molecule has 4 heteroatoms. The van der Waals surface area contributed by atoms with E-state index >= 15 is 0 Å². The minimum atomic E-state index is -0.352. The van der Waals surface area contributed by atoms with Crippen LogP contribution in [0.3, 0.4) is 0 Å². The van der Waals surface area contributed by atoms with Gasteiger partial charge in [-0.1, -0.05) is 11.6 Å². The highest BCUT2D eigenvalue weighted by Gasteiger charge is 2.03. The van der Waals surface area contributed by atoms with Gasteiger partial charge in [0.1, 0.15) is 5.75 Å². The minimum Gasteiger partial charge on any atom is -0.496 e. The molecule has 0 unspecified atom stereocenters. The van der Waals surface area contributed by atoms with Crippen molar-refractivity contribution in [3.05, 3.63) is 28.8 Å². The van der Waals surface area contributed by atoms with E-state index in [4.69, 9.17) is 21.4 Å². The van der Waals surface area contributed by atoms with E-state index in [1.54, 1.807) is 20.1 Å². The summed E-state index contributed by atoms with van der Waals surface area (Å²) < 4.78 is 5.20. The van der Waals surface area contributed by atoms with Gasteiger partial charge in [0, 0.05) is 23.7 Å². The summed E-state index contributed by atoms with van der Waals surface area (Å²) in [5.41, 5.74) is 0.991. The number of methoxy groups -OCH3 is 1. The summed E-state index contributed by atoms with van der Waals surface area (Å²) in [4.78, 5) is 0. The van der Waals surface area contributed by atoms with Gasteiger partial charge >= 0.3 is 0 Å². The number of hydrogen-bond donors (Lipinski definition) is 2. The maximum atomic E-state index is 9.09. The number of aliphatic hydroxyl groups excluding tert-OH is 1. The third kappa shape index (κ3) is 4.08. The molecular weight excluding hydrogens is 214 g/mol. The number of rotatable bonds is 5. The number of nitrogens with one attached hydrogen (secondary N) is 1. The maximum absolute atomic E-state index is 9.09. The summed E-state index contributed by atoms with van der Waals surface area (Å²) in [5.74, 6) is 0.803. The fraction of sp³-hybridized carbons (Fsp3) is 0.455. The monoisotopic (exact) mass is 229 g/mol. The molecule has 0 saturated carbocycles. The van der Waals surface area contributed by atoms with Crippen molar-refractivity contribution in [1.29, 1.82) is 0 Å². The smallest absolute Gasteiger partial charge is 0.123 e. The van der Waals surface area contributed by atoms with E-state index in [2.05, 4.69) is 5.32 Å². The second-order valence-electron chi connectivity index (χ2n) is 3.44. The molecular formula is C11H16ClNO2. The molecule has 0 bridgehead atoms. The van der Waals surface area contributed by atoms with Crippen LogP contribution in [0.4, 0.5) is 0 Å². The summed E-state index contributed by atoms with van der Waals surface area (Å²) in [5, 5.41) is 12.9. The molecule has 0 aliphatic heterocycles. The Balaban J connectivity index is 2.62. The van der Waals surface area contributed by atoms with E-state index < -0.39 is 0 Å². The van der Waals surface area contributed by atoms with Crippen molar-refractivity contribution in [3.8, 4) is 5.75 Å². The van der Waals surface area contributed by atoms with Crippen LogP contribution in [0.15, 0.2) is 18.2 Å². The van der Waals surface area contributed by atoms with E-state index in [-0.39, 0.29) is 6.10 Å². The molecule has 0 amide bonds. The molecule has 0 radical (unpaired) electrons. The van der Waals surface area contributed by atoms with Crippen molar-refractivity contribution in [2.24, 2.45) is 0 Å². The van der Waals surface area contributed by atoms with Crippen LogP contribution in [0.25, 0.3) is 0 Å². The summed E-state index contributed by atoms with van der Waals surface area (Å²) in [6.45, 7) is 2.92. The first-order valence-electron chi connectivity index (χ1n) is 4.84. The predicted molar refractivity (Wildman–Crippen MR) is 61.4 cm³/mol. The van der Waals surface area contributed by atoms with E-state index in [0.29, 0.717) is 18.1 Å². The average Bonchev–Trinajstić information content (AvgIpc) is 2.17. The lowest BCUT2D eigenvalue weighted by Crippen LogP contribution is -2.24. The number of aliphatic hydroxyl groups is 1. The van der Waals surface area contributed by atoms with Gasteiger partial charge in [-0.2, -0.15) is 0 Å². The summed E-state index contributed by atoms with van der Waals surface area (Å²) in [6.07, 6.45) is -0.352. The largest absolute Gasteiger partial charge is 0.496 e. The van der Waals surface area contributed by atoms with E-state index in [1.807, 2.05) is 12.1 Å². The summed E-state index contributed by atoms with van der Waals surface area (Å²) >= 11 is 5.88. The topological polar surface area (TPSA) is 41.5 Å². The lowest BCUT2D eigenvalue weighted by Gasteiger charge is -2.11. The number of hydrogen-bond acceptors (Lipinski definition) is 3. The zero-order valence-electron chi connectivity index (χ0n) is 8.96. The Bertz CT molecular complexity index is 315. The van der Waals surface area contributed by atoms with E-state index in [1.165, 1.54) is 0 Å². The molecule has 0 aliphatic carbocycles. The van der Waals surface area contributed by atoms with Crippen LogP contribution in [-0.2, 0) is 6.54 Å². The SMILES string of the molecule is COc1ccc(Cl)cc1CNC[C@@H](C)O.